The molecule has 0 aliphatic rings. The third-order valence-electron chi connectivity index (χ3n) is 4.75. The lowest BCUT2D eigenvalue weighted by Crippen LogP contribution is -2.06. The molecule has 0 fully saturated rings. The second-order valence-electron chi connectivity index (χ2n) is 6.54. The Morgan fingerprint density at radius 1 is 0.926 bits per heavy atom. The van der Waals surface area contributed by atoms with E-state index in [1.54, 1.807) is 17.7 Å². The van der Waals surface area contributed by atoms with E-state index in [1.165, 1.54) is 21.0 Å². The molecule has 0 bridgehead atoms. The fraction of sp³-hybridized carbons (Fsp3) is 0.0909. The number of nitrogens with one attached hydrogen (secondary N) is 2. The molecule has 5 aromatic rings. The first-order chi connectivity index (χ1) is 13.3. The zero-order valence-electron chi connectivity index (χ0n) is 14.6. The Kier molecular flexibility index (Phi) is 4.07. The van der Waals surface area contributed by atoms with Crippen molar-refractivity contribution in [1.29, 1.82) is 0 Å². The van der Waals surface area contributed by atoms with E-state index in [0.717, 1.165) is 35.6 Å². The van der Waals surface area contributed by atoms with Gasteiger partial charge in [0.25, 0.3) is 0 Å². The zero-order valence-corrected chi connectivity index (χ0v) is 15.5. The smallest absolute Gasteiger partial charge is 0.129 e. The summed E-state index contributed by atoms with van der Waals surface area (Å²) >= 11 is 1.78. The third kappa shape index (κ3) is 3.29. The summed E-state index contributed by atoms with van der Waals surface area (Å²) in [5, 5.41) is 8.08. The van der Waals surface area contributed by atoms with Gasteiger partial charge in [0.2, 0.25) is 0 Å². The minimum Gasteiger partial charge on any atom is -0.370 e. The number of thiophene rings is 1. The minimum absolute atomic E-state index is 0.835. The molecule has 132 valence electrons. The molecule has 4 nitrogen and oxygen atoms in total. The molecule has 2 aromatic carbocycles. The summed E-state index contributed by atoms with van der Waals surface area (Å²) in [4.78, 5) is 12.0. The first-order valence-electron chi connectivity index (χ1n) is 8.95. The van der Waals surface area contributed by atoms with Crippen LogP contribution in [0.25, 0.3) is 32.2 Å². The number of nitrogens with zero attached hydrogens (tertiary/aromatic N) is 2. The molecule has 5 heteroatoms. The van der Waals surface area contributed by atoms with Gasteiger partial charge in [-0.1, -0.05) is 24.3 Å². The Morgan fingerprint density at radius 2 is 1.93 bits per heavy atom. The fourth-order valence-electron chi connectivity index (χ4n) is 3.33. The monoisotopic (exact) mass is 370 g/mol. The highest BCUT2D eigenvalue weighted by Gasteiger charge is 2.04. The lowest BCUT2D eigenvalue weighted by Gasteiger charge is -2.08. The zero-order chi connectivity index (χ0) is 18.1. The molecule has 3 heterocycles. The van der Waals surface area contributed by atoms with Crippen molar-refractivity contribution in [3.8, 4) is 11.3 Å². The van der Waals surface area contributed by atoms with Crippen molar-refractivity contribution in [2.45, 2.75) is 6.42 Å². The number of benzene rings is 2. The quantitative estimate of drug-likeness (QED) is 0.430. The van der Waals surface area contributed by atoms with Crippen molar-refractivity contribution in [1.82, 2.24) is 15.0 Å². The molecule has 0 saturated heterocycles. The number of aromatic nitrogens is 3. The highest BCUT2D eigenvalue weighted by Crippen LogP contribution is 2.24. The Bertz CT molecular complexity index is 1220. The summed E-state index contributed by atoms with van der Waals surface area (Å²) in [6.45, 7) is 0.835. The molecular formula is C22H18N4S. The third-order valence-corrected chi connectivity index (χ3v) is 5.65. The van der Waals surface area contributed by atoms with Crippen molar-refractivity contribution in [3.63, 3.8) is 0 Å². The van der Waals surface area contributed by atoms with E-state index < -0.39 is 0 Å². The molecular weight excluding hydrogens is 352 g/mol. The van der Waals surface area contributed by atoms with Gasteiger partial charge >= 0.3 is 0 Å². The van der Waals surface area contributed by atoms with Crippen LogP contribution >= 0.6 is 11.3 Å². The van der Waals surface area contributed by atoms with Crippen molar-refractivity contribution in [2.24, 2.45) is 0 Å². The number of aromatic amines is 1. The van der Waals surface area contributed by atoms with E-state index in [0.29, 0.717) is 0 Å². The molecule has 27 heavy (non-hydrogen) atoms. The van der Waals surface area contributed by atoms with Crippen molar-refractivity contribution in [2.75, 3.05) is 11.9 Å². The molecule has 0 aliphatic carbocycles. The minimum atomic E-state index is 0.835. The first-order valence-corrected chi connectivity index (χ1v) is 9.83. The van der Waals surface area contributed by atoms with Gasteiger partial charge in [-0.3, -0.25) is 0 Å². The predicted molar refractivity (Wildman–Crippen MR) is 113 cm³/mol. The summed E-state index contributed by atoms with van der Waals surface area (Å²) in [7, 11) is 0. The molecule has 2 N–H and O–H groups in total. The Balaban J connectivity index is 1.30. The maximum absolute atomic E-state index is 4.43. The van der Waals surface area contributed by atoms with Crippen LogP contribution in [0.5, 0.6) is 0 Å². The highest BCUT2D eigenvalue weighted by atomic mass is 32.1. The second kappa shape index (κ2) is 6.85. The van der Waals surface area contributed by atoms with E-state index in [1.807, 2.05) is 12.3 Å². The van der Waals surface area contributed by atoms with Crippen molar-refractivity contribution >= 4 is 38.1 Å². The second-order valence-corrected chi connectivity index (χ2v) is 7.49. The van der Waals surface area contributed by atoms with Crippen LogP contribution in [-0.2, 0) is 6.42 Å². The number of rotatable bonds is 5. The molecule has 0 spiro atoms. The van der Waals surface area contributed by atoms with Gasteiger partial charge in [-0.25, -0.2) is 9.97 Å². The molecule has 0 saturated carbocycles. The van der Waals surface area contributed by atoms with Crippen LogP contribution in [0.4, 0.5) is 5.82 Å². The summed E-state index contributed by atoms with van der Waals surface area (Å²) in [5.41, 5.74) is 4.45. The van der Waals surface area contributed by atoms with Crippen LogP contribution in [0.15, 0.2) is 72.5 Å². The number of fused-ring (bicyclic) bond motifs is 2. The van der Waals surface area contributed by atoms with Gasteiger partial charge in [-0.2, -0.15) is 0 Å². The van der Waals surface area contributed by atoms with E-state index in [9.17, 15) is 0 Å². The van der Waals surface area contributed by atoms with Gasteiger partial charge in [-0.15, -0.1) is 11.3 Å². The van der Waals surface area contributed by atoms with E-state index >= 15 is 0 Å². The fourth-order valence-corrected chi connectivity index (χ4v) is 4.10. The average Bonchev–Trinajstić information content (AvgIpc) is 3.36. The molecule has 3 aromatic heterocycles. The van der Waals surface area contributed by atoms with Crippen LogP contribution in [0.3, 0.4) is 0 Å². The van der Waals surface area contributed by atoms with E-state index in [-0.39, 0.29) is 0 Å². The molecule has 0 amide bonds. The SMILES string of the molecule is c1nc(NCCc2ccc3sccc3c2)cc(-c2ccc3cc[nH]c3c2)n1. The molecule has 0 unspecified atom stereocenters. The lowest BCUT2D eigenvalue weighted by atomic mass is 10.1. The van der Waals surface area contributed by atoms with Gasteiger partial charge < -0.3 is 10.3 Å². The molecule has 0 radical (unpaired) electrons. The number of hydrogen-bond acceptors (Lipinski definition) is 4. The maximum atomic E-state index is 4.43. The van der Waals surface area contributed by atoms with Crippen LogP contribution in [0.2, 0.25) is 0 Å². The van der Waals surface area contributed by atoms with E-state index in [4.69, 9.17) is 0 Å². The summed E-state index contributed by atoms with van der Waals surface area (Å²) in [6.07, 6.45) is 4.53. The Morgan fingerprint density at radius 3 is 2.93 bits per heavy atom. The van der Waals surface area contributed by atoms with Crippen LogP contribution in [-0.4, -0.2) is 21.5 Å². The largest absolute Gasteiger partial charge is 0.370 e. The summed E-state index contributed by atoms with van der Waals surface area (Å²) < 4.78 is 1.34. The van der Waals surface area contributed by atoms with Gasteiger partial charge in [0, 0.05) is 34.6 Å². The summed E-state index contributed by atoms with van der Waals surface area (Å²) in [5.74, 6) is 0.850. The van der Waals surface area contributed by atoms with Crippen molar-refractivity contribution < 1.29 is 0 Å². The molecule has 5 rings (SSSR count). The Hall–Kier alpha value is -3.18. The normalized spacial score (nSPS) is 11.3. The summed E-state index contributed by atoms with van der Waals surface area (Å²) in [6, 6.07) is 19.3. The van der Waals surface area contributed by atoms with Gasteiger partial charge in [-0.05, 0) is 52.4 Å². The van der Waals surface area contributed by atoms with Gasteiger partial charge in [0.1, 0.15) is 12.1 Å². The molecule has 0 aliphatic heterocycles. The maximum Gasteiger partial charge on any atom is 0.129 e. The highest BCUT2D eigenvalue weighted by molar-refractivity contribution is 7.17. The van der Waals surface area contributed by atoms with Crippen molar-refractivity contribution in [3.05, 3.63) is 78.1 Å². The van der Waals surface area contributed by atoms with E-state index in [2.05, 4.69) is 74.2 Å². The topological polar surface area (TPSA) is 53.6 Å². The van der Waals surface area contributed by atoms with Gasteiger partial charge in [0.05, 0.1) is 5.69 Å². The van der Waals surface area contributed by atoms with Crippen LogP contribution < -0.4 is 5.32 Å². The predicted octanol–water partition coefficient (Wildman–Crippen LogP) is 5.49. The Labute approximate surface area is 160 Å². The average molecular weight is 370 g/mol. The number of hydrogen-bond donors (Lipinski definition) is 2. The standard InChI is InChI=1S/C22H18N4S/c1-4-21-18(7-10-27-21)11-15(1)5-8-24-22-13-20(25-14-26-22)17-3-2-16-6-9-23-19(16)12-17/h1-4,6-7,9-14,23H,5,8H2,(H,24,25,26). The number of anilines is 1. The van der Waals surface area contributed by atoms with Crippen LogP contribution in [0, 0.1) is 0 Å². The molecule has 0 atom stereocenters. The van der Waals surface area contributed by atoms with Gasteiger partial charge in [0.15, 0.2) is 0 Å². The van der Waals surface area contributed by atoms with Crippen LogP contribution in [0.1, 0.15) is 5.56 Å². The number of H-pyrrole nitrogens is 1. The first kappa shape index (κ1) is 16.0. The lowest BCUT2D eigenvalue weighted by molar-refractivity contribution is 1.00.